The van der Waals surface area contributed by atoms with Gasteiger partial charge >= 0.3 is 0 Å². The molecule has 1 atom stereocenters. The van der Waals surface area contributed by atoms with Crippen LogP contribution in [-0.2, 0) is 9.59 Å². The van der Waals surface area contributed by atoms with E-state index in [-0.39, 0.29) is 17.4 Å². The minimum absolute atomic E-state index is 0.223. The van der Waals surface area contributed by atoms with Crippen LogP contribution in [-0.4, -0.2) is 11.8 Å². The van der Waals surface area contributed by atoms with Crippen LogP contribution in [0.3, 0.4) is 0 Å². The molecule has 0 saturated heterocycles. The minimum Gasteiger partial charge on any atom is -0.326 e. The van der Waals surface area contributed by atoms with Crippen LogP contribution in [0.2, 0.25) is 0 Å². The monoisotopic (exact) mass is 370 g/mol. The summed E-state index contributed by atoms with van der Waals surface area (Å²) in [7, 11) is 0. The molecule has 4 heteroatoms. The smallest absolute Gasteiger partial charge is 0.258 e. The van der Waals surface area contributed by atoms with Gasteiger partial charge in [0.05, 0.1) is 5.92 Å². The average molecular weight is 370 g/mol. The molecule has 140 valence electrons. The molecule has 2 amide bonds. The molecular formula is C24H22N2O2. The third kappa shape index (κ3) is 4.35. The largest absolute Gasteiger partial charge is 0.326 e. The first-order valence-corrected chi connectivity index (χ1v) is 9.07. The molecule has 0 aliphatic rings. The SMILES string of the molecule is C=C(C(=O)N(c1ccccc1)c1ccccc1)C(C)C(=O)Nc1ccccc1. The topological polar surface area (TPSA) is 49.4 Å². The highest BCUT2D eigenvalue weighted by Gasteiger charge is 2.27. The Balaban J connectivity index is 1.84. The number of para-hydroxylation sites is 3. The summed E-state index contributed by atoms with van der Waals surface area (Å²) in [5.41, 5.74) is 2.34. The molecule has 3 aromatic carbocycles. The van der Waals surface area contributed by atoms with Gasteiger partial charge in [-0.15, -0.1) is 0 Å². The van der Waals surface area contributed by atoms with E-state index in [9.17, 15) is 9.59 Å². The third-order valence-electron chi connectivity index (χ3n) is 4.46. The van der Waals surface area contributed by atoms with Crippen LogP contribution in [0.5, 0.6) is 0 Å². The van der Waals surface area contributed by atoms with Crippen molar-refractivity contribution >= 4 is 28.9 Å². The molecule has 1 N–H and O–H groups in total. The van der Waals surface area contributed by atoms with Gasteiger partial charge in [0, 0.05) is 22.6 Å². The van der Waals surface area contributed by atoms with E-state index in [2.05, 4.69) is 11.9 Å². The first kappa shape index (κ1) is 19.1. The Hall–Kier alpha value is -3.66. The highest BCUT2D eigenvalue weighted by Crippen LogP contribution is 2.28. The van der Waals surface area contributed by atoms with E-state index >= 15 is 0 Å². The highest BCUT2D eigenvalue weighted by molar-refractivity contribution is 6.13. The molecule has 0 aromatic heterocycles. The van der Waals surface area contributed by atoms with Gasteiger partial charge in [-0.05, 0) is 43.3 Å². The van der Waals surface area contributed by atoms with Crippen molar-refractivity contribution in [2.24, 2.45) is 5.92 Å². The Kier molecular flexibility index (Phi) is 6.02. The van der Waals surface area contributed by atoms with Crippen LogP contribution in [0.1, 0.15) is 6.92 Å². The summed E-state index contributed by atoms with van der Waals surface area (Å²) in [6.07, 6.45) is 0. The van der Waals surface area contributed by atoms with E-state index in [4.69, 9.17) is 0 Å². The summed E-state index contributed by atoms with van der Waals surface area (Å²) < 4.78 is 0. The van der Waals surface area contributed by atoms with Crippen molar-refractivity contribution in [1.82, 2.24) is 0 Å². The maximum Gasteiger partial charge on any atom is 0.258 e. The number of anilines is 3. The van der Waals surface area contributed by atoms with E-state index < -0.39 is 5.92 Å². The quantitative estimate of drug-likeness (QED) is 0.608. The number of amides is 2. The Morgan fingerprint density at radius 3 is 1.68 bits per heavy atom. The Morgan fingerprint density at radius 2 is 1.21 bits per heavy atom. The lowest BCUT2D eigenvalue weighted by atomic mass is 9.99. The first-order chi connectivity index (χ1) is 13.6. The lowest BCUT2D eigenvalue weighted by Gasteiger charge is -2.25. The predicted octanol–water partition coefficient (Wildman–Crippen LogP) is 5.18. The van der Waals surface area contributed by atoms with Gasteiger partial charge in [-0.25, -0.2) is 0 Å². The van der Waals surface area contributed by atoms with Crippen molar-refractivity contribution in [2.75, 3.05) is 10.2 Å². The van der Waals surface area contributed by atoms with Gasteiger partial charge in [0.2, 0.25) is 5.91 Å². The number of carbonyl (C=O) groups is 2. The second kappa shape index (κ2) is 8.82. The summed E-state index contributed by atoms with van der Waals surface area (Å²) >= 11 is 0. The lowest BCUT2D eigenvalue weighted by molar-refractivity contribution is -0.121. The van der Waals surface area contributed by atoms with Gasteiger partial charge in [0.25, 0.3) is 5.91 Å². The number of rotatable bonds is 6. The van der Waals surface area contributed by atoms with Crippen LogP contribution in [0.15, 0.2) is 103 Å². The summed E-state index contributed by atoms with van der Waals surface area (Å²) in [5, 5.41) is 2.83. The summed E-state index contributed by atoms with van der Waals surface area (Å²) in [5.74, 6) is -1.26. The fraction of sp³-hybridized carbons (Fsp3) is 0.0833. The Labute approximate surface area is 165 Å². The average Bonchev–Trinajstić information content (AvgIpc) is 2.75. The molecular weight excluding hydrogens is 348 g/mol. The molecule has 4 nitrogen and oxygen atoms in total. The second-order valence-electron chi connectivity index (χ2n) is 6.41. The van der Waals surface area contributed by atoms with E-state index in [0.717, 1.165) is 11.4 Å². The highest BCUT2D eigenvalue weighted by atomic mass is 16.2. The standard InChI is InChI=1S/C24H22N2O2/c1-18(23(27)25-20-12-6-3-7-13-20)19(2)24(28)26(21-14-8-4-9-15-21)22-16-10-5-11-17-22/h3-18H,2H2,1H3,(H,25,27). The summed E-state index contributed by atoms with van der Waals surface area (Å²) in [6, 6.07) is 27.8. The molecule has 0 heterocycles. The number of hydrogen-bond acceptors (Lipinski definition) is 2. The Morgan fingerprint density at radius 1 is 0.786 bits per heavy atom. The van der Waals surface area contributed by atoms with Gasteiger partial charge in [-0.3, -0.25) is 14.5 Å². The van der Waals surface area contributed by atoms with Crippen molar-refractivity contribution in [3.63, 3.8) is 0 Å². The number of benzene rings is 3. The van der Waals surface area contributed by atoms with Crippen LogP contribution >= 0.6 is 0 Å². The van der Waals surface area contributed by atoms with Gasteiger partial charge in [-0.1, -0.05) is 61.2 Å². The molecule has 0 aliphatic carbocycles. The van der Waals surface area contributed by atoms with Gasteiger partial charge in [0.1, 0.15) is 0 Å². The number of carbonyl (C=O) groups excluding carboxylic acids is 2. The molecule has 3 rings (SSSR count). The van der Waals surface area contributed by atoms with Crippen molar-refractivity contribution in [1.29, 1.82) is 0 Å². The van der Waals surface area contributed by atoms with E-state index in [1.54, 1.807) is 24.0 Å². The van der Waals surface area contributed by atoms with Crippen LogP contribution in [0, 0.1) is 5.92 Å². The van der Waals surface area contributed by atoms with Crippen LogP contribution < -0.4 is 10.2 Å². The number of nitrogens with zero attached hydrogens (tertiary/aromatic N) is 1. The number of hydrogen-bond donors (Lipinski definition) is 1. The number of nitrogens with one attached hydrogen (secondary N) is 1. The van der Waals surface area contributed by atoms with Crippen LogP contribution in [0.25, 0.3) is 0 Å². The zero-order chi connectivity index (χ0) is 19.9. The molecule has 0 spiro atoms. The van der Waals surface area contributed by atoms with Gasteiger partial charge in [0.15, 0.2) is 0 Å². The first-order valence-electron chi connectivity index (χ1n) is 9.07. The maximum absolute atomic E-state index is 13.3. The van der Waals surface area contributed by atoms with E-state index in [1.165, 1.54) is 0 Å². The van der Waals surface area contributed by atoms with Gasteiger partial charge < -0.3 is 5.32 Å². The summed E-state index contributed by atoms with van der Waals surface area (Å²) in [6.45, 7) is 5.62. The van der Waals surface area contributed by atoms with E-state index in [1.807, 2.05) is 78.9 Å². The molecule has 0 fully saturated rings. The van der Waals surface area contributed by atoms with Crippen molar-refractivity contribution in [3.05, 3.63) is 103 Å². The lowest BCUT2D eigenvalue weighted by Crippen LogP contribution is -2.33. The normalized spacial score (nSPS) is 11.3. The van der Waals surface area contributed by atoms with E-state index in [0.29, 0.717) is 5.69 Å². The molecule has 0 bridgehead atoms. The maximum atomic E-state index is 13.3. The van der Waals surface area contributed by atoms with Crippen molar-refractivity contribution in [2.45, 2.75) is 6.92 Å². The molecule has 3 aromatic rings. The fourth-order valence-corrected chi connectivity index (χ4v) is 2.80. The minimum atomic E-state index is -0.678. The fourth-order valence-electron chi connectivity index (χ4n) is 2.80. The summed E-state index contributed by atoms with van der Waals surface area (Å²) in [4.78, 5) is 27.5. The van der Waals surface area contributed by atoms with Gasteiger partial charge in [-0.2, -0.15) is 0 Å². The Bertz CT molecular complexity index is 914. The molecule has 1 unspecified atom stereocenters. The van der Waals surface area contributed by atoms with Crippen molar-refractivity contribution in [3.8, 4) is 0 Å². The molecule has 0 saturated carbocycles. The molecule has 28 heavy (non-hydrogen) atoms. The molecule has 0 aliphatic heterocycles. The zero-order valence-corrected chi connectivity index (χ0v) is 15.7. The zero-order valence-electron chi connectivity index (χ0n) is 15.7. The molecule has 0 radical (unpaired) electrons. The second-order valence-corrected chi connectivity index (χ2v) is 6.41. The van der Waals surface area contributed by atoms with Crippen LogP contribution in [0.4, 0.5) is 17.1 Å². The van der Waals surface area contributed by atoms with Crippen molar-refractivity contribution < 1.29 is 9.59 Å². The predicted molar refractivity (Wildman–Crippen MR) is 113 cm³/mol. The third-order valence-corrected chi connectivity index (χ3v) is 4.46.